The van der Waals surface area contributed by atoms with Gasteiger partial charge in [-0.1, -0.05) is 12.8 Å². The molecule has 28 heavy (non-hydrogen) atoms. The largest absolute Gasteiger partial charge is 0.461 e. The number of benzene rings is 1. The van der Waals surface area contributed by atoms with E-state index in [0.29, 0.717) is 30.0 Å². The Bertz CT molecular complexity index is 1130. The molecule has 148 valence electrons. The van der Waals surface area contributed by atoms with E-state index in [0.717, 1.165) is 51.6 Å². The van der Waals surface area contributed by atoms with Crippen molar-refractivity contribution in [3.63, 3.8) is 0 Å². The number of hydrogen-bond acceptors (Lipinski definition) is 4. The fourth-order valence-corrected chi connectivity index (χ4v) is 4.39. The van der Waals surface area contributed by atoms with Crippen molar-refractivity contribution in [2.75, 3.05) is 0 Å². The smallest absolute Gasteiger partial charge is 0.339 e. The van der Waals surface area contributed by atoms with Crippen LogP contribution in [-0.4, -0.2) is 11.9 Å². The van der Waals surface area contributed by atoms with Gasteiger partial charge in [0, 0.05) is 34.4 Å². The van der Waals surface area contributed by atoms with E-state index in [1.165, 1.54) is 12.8 Å². The van der Waals surface area contributed by atoms with Crippen LogP contribution >= 0.6 is 0 Å². The zero-order valence-corrected chi connectivity index (χ0v) is 17.0. The second-order valence-electron chi connectivity index (χ2n) is 8.08. The monoisotopic (exact) mass is 381 g/mol. The summed E-state index contributed by atoms with van der Waals surface area (Å²) in [6.07, 6.45) is 5.17. The molecule has 0 saturated heterocycles. The number of furan rings is 1. The number of amides is 1. The molecule has 4 rings (SSSR count). The highest BCUT2D eigenvalue weighted by Crippen LogP contribution is 2.34. The maximum absolute atomic E-state index is 12.6. The van der Waals surface area contributed by atoms with Gasteiger partial charge >= 0.3 is 5.63 Å². The second-order valence-corrected chi connectivity index (χ2v) is 8.08. The summed E-state index contributed by atoms with van der Waals surface area (Å²) in [5, 5.41) is 5.05. The number of carbonyl (C=O) groups excluding carboxylic acids is 1. The molecule has 1 N–H and O–H groups in total. The Morgan fingerprint density at radius 2 is 1.64 bits per heavy atom. The molecule has 2 heterocycles. The van der Waals surface area contributed by atoms with Gasteiger partial charge in [-0.15, -0.1) is 0 Å². The summed E-state index contributed by atoms with van der Waals surface area (Å²) in [5.74, 6) is 0.885. The first kappa shape index (κ1) is 18.8. The van der Waals surface area contributed by atoms with Gasteiger partial charge in [0.2, 0.25) is 5.91 Å². The van der Waals surface area contributed by atoms with Gasteiger partial charge < -0.3 is 14.2 Å². The summed E-state index contributed by atoms with van der Waals surface area (Å²) in [7, 11) is 0. The summed E-state index contributed by atoms with van der Waals surface area (Å²) in [5.41, 5.74) is 4.41. The fourth-order valence-electron chi connectivity index (χ4n) is 4.39. The molecule has 0 unspecified atom stereocenters. The Morgan fingerprint density at radius 1 is 1.00 bits per heavy atom. The van der Waals surface area contributed by atoms with Crippen molar-refractivity contribution in [2.45, 2.75) is 72.3 Å². The Hall–Kier alpha value is -2.56. The lowest BCUT2D eigenvalue weighted by atomic mass is 9.98. The maximum Gasteiger partial charge on any atom is 0.339 e. The van der Waals surface area contributed by atoms with E-state index in [1.54, 1.807) is 0 Å². The fraction of sp³-hybridized carbons (Fsp3) is 0.478. The number of nitrogens with one attached hydrogen (secondary N) is 1. The van der Waals surface area contributed by atoms with Crippen LogP contribution in [0.15, 0.2) is 19.7 Å². The average Bonchev–Trinajstić information content (AvgIpc) is 3.25. The van der Waals surface area contributed by atoms with Crippen LogP contribution in [-0.2, 0) is 11.2 Å². The summed E-state index contributed by atoms with van der Waals surface area (Å²) in [6.45, 7) is 7.84. The van der Waals surface area contributed by atoms with Crippen molar-refractivity contribution in [1.82, 2.24) is 5.32 Å². The van der Waals surface area contributed by atoms with Gasteiger partial charge in [-0.2, -0.15) is 0 Å². The highest BCUT2D eigenvalue weighted by Gasteiger charge is 2.20. The summed E-state index contributed by atoms with van der Waals surface area (Å²) >= 11 is 0. The molecule has 1 fully saturated rings. The van der Waals surface area contributed by atoms with E-state index in [2.05, 4.69) is 5.32 Å². The van der Waals surface area contributed by atoms with Crippen molar-refractivity contribution < 1.29 is 13.6 Å². The Balaban J connectivity index is 1.69. The molecule has 2 aromatic heterocycles. The SMILES string of the molecule is Cc1oc2c(C)c3oc(=O)c(CCC(=O)NC4CCCC4)c(C)c3cc2c1C. The lowest BCUT2D eigenvalue weighted by molar-refractivity contribution is -0.121. The molecule has 1 aliphatic rings. The van der Waals surface area contributed by atoms with Crippen LogP contribution < -0.4 is 10.9 Å². The van der Waals surface area contributed by atoms with Crippen molar-refractivity contribution >= 4 is 27.8 Å². The molecular weight excluding hydrogens is 354 g/mol. The van der Waals surface area contributed by atoms with Gasteiger partial charge in [0.1, 0.15) is 16.9 Å². The molecule has 1 aliphatic carbocycles. The minimum absolute atomic E-state index is 0.0127. The van der Waals surface area contributed by atoms with Crippen LogP contribution in [0.1, 0.15) is 60.1 Å². The van der Waals surface area contributed by atoms with Crippen molar-refractivity contribution in [3.8, 4) is 0 Å². The zero-order valence-electron chi connectivity index (χ0n) is 17.0. The molecule has 0 bridgehead atoms. The van der Waals surface area contributed by atoms with Gasteiger partial charge in [-0.05, 0) is 64.2 Å². The lowest BCUT2D eigenvalue weighted by Crippen LogP contribution is -2.33. The first-order valence-electron chi connectivity index (χ1n) is 10.1. The van der Waals surface area contributed by atoms with Gasteiger partial charge in [-0.25, -0.2) is 4.79 Å². The minimum atomic E-state index is -0.360. The maximum atomic E-state index is 12.6. The molecule has 0 spiro atoms. The Labute approximate surface area is 164 Å². The molecule has 0 atom stereocenters. The predicted octanol–water partition coefficient (Wildman–Crippen LogP) is 4.76. The quantitative estimate of drug-likeness (QED) is 0.661. The van der Waals surface area contributed by atoms with Crippen LogP contribution in [0.3, 0.4) is 0 Å². The second kappa shape index (κ2) is 7.12. The molecule has 1 saturated carbocycles. The Kier molecular flexibility index (Phi) is 4.77. The van der Waals surface area contributed by atoms with E-state index in [4.69, 9.17) is 8.83 Å². The molecule has 5 nitrogen and oxygen atoms in total. The summed E-state index contributed by atoms with van der Waals surface area (Å²) < 4.78 is 11.6. The van der Waals surface area contributed by atoms with E-state index >= 15 is 0 Å². The van der Waals surface area contributed by atoms with Gasteiger partial charge in [0.25, 0.3) is 0 Å². The van der Waals surface area contributed by atoms with E-state index in [1.807, 2.05) is 33.8 Å². The van der Waals surface area contributed by atoms with E-state index in [-0.39, 0.29) is 11.5 Å². The van der Waals surface area contributed by atoms with Crippen LogP contribution in [0.25, 0.3) is 21.9 Å². The minimum Gasteiger partial charge on any atom is -0.461 e. The first-order chi connectivity index (χ1) is 13.4. The molecule has 0 radical (unpaired) electrons. The third-order valence-electron chi connectivity index (χ3n) is 6.27. The summed E-state index contributed by atoms with van der Waals surface area (Å²) in [4.78, 5) is 24.9. The number of fused-ring (bicyclic) bond motifs is 2. The number of rotatable bonds is 4. The summed E-state index contributed by atoms with van der Waals surface area (Å²) in [6, 6.07) is 2.34. The molecule has 1 aromatic carbocycles. The van der Waals surface area contributed by atoms with E-state index < -0.39 is 0 Å². The highest BCUT2D eigenvalue weighted by molar-refractivity contribution is 6.00. The standard InChI is InChI=1S/C23H27NO4/c1-12-15(4)27-21-14(3)22-19(11-18(12)21)13(2)17(23(26)28-22)9-10-20(25)24-16-7-5-6-8-16/h11,16H,5-10H2,1-4H3,(H,24,25). The van der Waals surface area contributed by atoms with Crippen LogP contribution in [0.5, 0.6) is 0 Å². The molecule has 5 heteroatoms. The first-order valence-corrected chi connectivity index (χ1v) is 10.1. The Morgan fingerprint density at radius 3 is 2.36 bits per heavy atom. The molecule has 0 aliphatic heterocycles. The number of carbonyl (C=O) groups is 1. The number of aryl methyl sites for hydroxylation is 4. The predicted molar refractivity (Wildman–Crippen MR) is 110 cm³/mol. The van der Waals surface area contributed by atoms with Crippen LogP contribution in [0.4, 0.5) is 0 Å². The highest BCUT2D eigenvalue weighted by atomic mass is 16.4. The van der Waals surface area contributed by atoms with Gasteiger partial charge in [-0.3, -0.25) is 4.79 Å². The van der Waals surface area contributed by atoms with Gasteiger partial charge in [0.15, 0.2) is 0 Å². The zero-order chi connectivity index (χ0) is 20.0. The number of hydrogen-bond donors (Lipinski definition) is 1. The van der Waals surface area contributed by atoms with Crippen LogP contribution in [0, 0.1) is 27.7 Å². The van der Waals surface area contributed by atoms with Crippen molar-refractivity contribution in [3.05, 3.63) is 44.5 Å². The van der Waals surface area contributed by atoms with E-state index in [9.17, 15) is 9.59 Å². The molecule has 3 aromatic rings. The average molecular weight is 381 g/mol. The van der Waals surface area contributed by atoms with Crippen molar-refractivity contribution in [2.24, 2.45) is 0 Å². The van der Waals surface area contributed by atoms with Gasteiger partial charge in [0.05, 0.1) is 0 Å². The molecular formula is C23H27NO4. The normalized spacial score (nSPS) is 15.0. The van der Waals surface area contributed by atoms with Crippen molar-refractivity contribution in [1.29, 1.82) is 0 Å². The lowest BCUT2D eigenvalue weighted by Gasteiger charge is -2.13. The topological polar surface area (TPSA) is 72.5 Å². The van der Waals surface area contributed by atoms with Crippen LogP contribution in [0.2, 0.25) is 0 Å². The molecule has 1 amide bonds. The third-order valence-corrected chi connectivity index (χ3v) is 6.27. The third kappa shape index (κ3) is 3.13.